The summed E-state index contributed by atoms with van der Waals surface area (Å²) in [5.74, 6) is 3.36. The molecule has 0 aliphatic carbocycles. The van der Waals surface area contributed by atoms with E-state index < -0.39 is 0 Å². The van der Waals surface area contributed by atoms with Crippen LogP contribution in [0.25, 0.3) is 0 Å². The number of aryl methyl sites for hydroxylation is 1. The summed E-state index contributed by atoms with van der Waals surface area (Å²) in [4.78, 5) is 0. The number of thioether (sulfide) groups is 1. The zero-order valence-electron chi connectivity index (χ0n) is 10.3. The lowest BCUT2D eigenvalue weighted by molar-refractivity contribution is 0.391. The molecule has 0 spiro atoms. The number of ether oxygens (including phenoxy) is 1. The van der Waals surface area contributed by atoms with Crippen molar-refractivity contribution in [2.45, 2.75) is 18.4 Å². The fourth-order valence-electron chi connectivity index (χ4n) is 1.61. The molecular formula is C13H14ClNO2S. The summed E-state index contributed by atoms with van der Waals surface area (Å²) in [6, 6.07) is 7.59. The van der Waals surface area contributed by atoms with Crippen molar-refractivity contribution in [1.29, 1.82) is 0 Å². The molecule has 0 saturated heterocycles. The molecule has 5 heteroatoms. The topological polar surface area (TPSA) is 35.3 Å². The third-order valence-electron chi connectivity index (χ3n) is 2.42. The maximum absolute atomic E-state index is 5.98. The van der Waals surface area contributed by atoms with Crippen molar-refractivity contribution in [3.05, 3.63) is 46.3 Å². The van der Waals surface area contributed by atoms with Gasteiger partial charge < -0.3 is 9.26 Å². The van der Waals surface area contributed by atoms with Gasteiger partial charge in [-0.25, -0.2) is 0 Å². The molecule has 3 nitrogen and oxygen atoms in total. The SMILES string of the molecule is COc1ccc(Cl)cc1CSCc1cc(C)no1. The molecule has 0 aliphatic rings. The first kappa shape index (κ1) is 13.3. The summed E-state index contributed by atoms with van der Waals surface area (Å²) in [6.45, 7) is 1.91. The molecule has 1 heterocycles. The zero-order valence-corrected chi connectivity index (χ0v) is 11.8. The van der Waals surface area contributed by atoms with Gasteiger partial charge in [0.2, 0.25) is 0 Å². The lowest BCUT2D eigenvalue weighted by Gasteiger charge is -2.07. The van der Waals surface area contributed by atoms with Gasteiger partial charge in [-0.3, -0.25) is 0 Å². The van der Waals surface area contributed by atoms with E-state index in [2.05, 4.69) is 5.16 Å². The van der Waals surface area contributed by atoms with E-state index in [1.807, 2.05) is 31.2 Å². The highest BCUT2D eigenvalue weighted by atomic mass is 35.5. The highest BCUT2D eigenvalue weighted by molar-refractivity contribution is 7.97. The molecular weight excluding hydrogens is 270 g/mol. The normalized spacial score (nSPS) is 10.6. The maximum Gasteiger partial charge on any atom is 0.146 e. The number of hydrogen-bond donors (Lipinski definition) is 0. The van der Waals surface area contributed by atoms with Crippen molar-refractivity contribution < 1.29 is 9.26 Å². The average molecular weight is 284 g/mol. The Hall–Kier alpha value is -1.13. The number of methoxy groups -OCH3 is 1. The summed E-state index contributed by atoms with van der Waals surface area (Å²) in [6.07, 6.45) is 0. The Bertz CT molecular complexity index is 527. The van der Waals surface area contributed by atoms with Gasteiger partial charge in [-0.15, -0.1) is 11.8 Å². The lowest BCUT2D eigenvalue weighted by atomic mass is 10.2. The first-order valence-corrected chi connectivity index (χ1v) is 7.04. The van der Waals surface area contributed by atoms with Crippen LogP contribution in [0.4, 0.5) is 0 Å². The van der Waals surface area contributed by atoms with Gasteiger partial charge in [-0.05, 0) is 25.1 Å². The van der Waals surface area contributed by atoms with E-state index in [1.165, 1.54) is 0 Å². The Kier molecular flexibility index (Phi) is 4.55. The molecule has 0 N–H and O–H groups in total. The third-order valence-corrected chi connectivity index (χ3v) is 3.66. The van der Waals surface area contributed by atoms with Gasteiger partial charge in [0.05, 0.1) is 18.6 Å². The number of benzene rings is 1. The Morgan fingerprint density at radius 1 is 1.33 bits per heavy atom. The van der Waals surface area contributed by atoms with Crippen molar-refractivity contribution in [2.75, 3.05) is 7.11 Å². The molecule has 2 rings (SSSR count). The van der Waals surface area contributed by atoms with Crippen molar-refractivity contribution in [1.82, 2.24) is 5.16 Å². The van der Waals surface area contributed by atoms with E-state index in [0.29, 0.717) is 0 Å². The largest absolute Gasteiger partial charge is 0.496 e. The number of aromatic nitrogens is 1. The molecule has 0 bridgehead atoms. The summed E-state index contributed by atoms with van der Waals surface area (Å²) in [7, 11) is 1.66. The second-order valence-electron chi connectivity index (χ2n) is 3.88. The fraction of sp³-hybridized carbons (Fsp3) is 0.308. The second-order valence-corrected chi connectivity index (χ2v) is 5.31. The van der Waals surface area contributed by atoms with E-state index in [1.54, 1.807) is 18.9 Å². The van der Waals surface area contributed by atoms with E-state index in [0.717, 1.165) is 39.3 Å². The third kappa shape index (κ3) is 3.43. The van der Waals surface area contributed by atoms with E-state index in [4.69, 9.17) is 20.9 Å². The molecule has 0 fully saturated rings. The molecule has 0 radical (unpaired) electrons. The minimum absolute atomic E-state index is 0.724. The van der Waals surface area contributed by atoms with E-state index >= 15 is 0 Å². The molecule has 0 atom stereocenters. The zero-order chi connectivity index (χ0) is 13.0. The Labute approximate surface area is 115 Å². The predicted molar refractivity (Wildman–Crippen MR) is 74.2 cm³/mol. The molecule has 0 amide bonds. The summed E-state index contributed by atoms with van der Waals surface area (Å²) in [5.41, 5.74) is 2.00. The van der Waals surface area contributed by atoms with Crippen LogP contribution in [-0.4, -0.2) is 12.3 Å². The molecule has 2 aromatic rings. The van der Waals surface area contributed by atoms with Crippen molar-refractivity contribution in [2.24, 2.45) is 0 Å². The van der Waals surface area contributed by atoms with Crippen molar-refractivity contribution >= 4 is 23.4 Å². The van der Waals surface area contributed by atoms with Crippen LogP contribution in [0.3, 0.4) is 0 Å². The van der Waals surface area contributed by atoms with E-state index in [9.17, 15) is 0 Å². The van der Waals surface area contributed by atoms with Crippen LogP contribution < -0.4 is 4.74 Å². The molecule has 1 aromatic carbocycles. The van der Waals surface area contributed by atoms with Gasteiger partial charge in [0.1, 0.15) is 11.5 Å². The quantitative estimate of drug-likeness (QED) is 0.828. The molecule has 96 valence electrons. The first-order chi connectivity index (χ1) is 8.69. The number of nitrogens with zero attached hydrogens (tertiary/aromatic N) is 1. The van der Waals surface area contributed by atoms with Crippen LogP contribution in [0.15, 0.2) is 28.8 Å². The minimum atomic E-state index is 0.724. The fourth-order valence-corrected chi connectivity index (χ4v) is 2.69. The van der Waals surface area contributed by atoms with Crippen molar-refractivity contribution in [3.63, 3.8) is 0 Å². The molecule has 0 saturated carbocycles. The van der Waals surface area contributed by atoms with Crippen LogP contribution in [0.2, 0.25) is 5.02 Å². The Morgan fingerprint density at radius 2 is 2.17 bits per heavy atom. The summed E-state index contributed by atoms with van der Waals surface area (Å²) >= 11 is 7.72. The Balaban J connectivity index is 1.95. The average Bonchev–Trinajstić information content (AvgIpc) is 2.75. The first-order valence-electron chi connectivity index (χ1n) is 5.51. The van der Waals surface area contributed by atoms with Crippen LogP contribution in [0.5, 0.6) is 5.75 Å². The number of halogens is 1. The van der Waals surface area contributed by atoms with E-state index in [-0.39, 0.29) is 0 Å². The molecule has 1 aromatic heterocycles. The molecule has 18 heavy (non-hydrogen) atoms. The van der Waals surface area contributed by atoms with Crippen LogP contribution in [0.1, 0.15) is 17.0 Å². The van der Waals surface area contributed by atoms with Gasteiger partial charge >= 0.3 is 0 Å². The van der Waals surface area contributed by atoms with Gasteiger partial charge in [-0.1, -0.05) is 16.8 Å². The summed E-state index contributed by atoms with van der Waals surface area (Å²) < 4.78 is 10.5. The number of hydrogen-bond acceptors (Lipinski definition) is 4. The molecule has 0 unspecified atom stereocenters. The maximum atomic E-state index is 5.98. The Morgan fingerprint density at radius 3 is 2.83 bits per heavy atom. The highest BCUT2D eigenvalue weighted by Crippen LogP contribution is 2.27. The second kappa shape index (κ2) is 6.16. The summed E-state index contributed by atoms with van der Waals surface area (Å²) in [5, 5.41) is 4.58. The van der Waals surface area contributed by atoms with Crippen molar-refractivity contribution in [3.8, 4) is 5.75 Å². The van der Waals surface area contributed by atoms with Gasteiger partial charge in [0.15, 0.2) is 0 Å². The van der Waals surface area contributed by atoms with Crippen LogP contribution in [-0.2, 0) is 11.5 Å². The standard InChI is InChI=1S/C13H14ClNO2S/c1-9-5-12(17-15-9)8-18-7-10-6-11(14)3-4-13(10)16-2/h3-6H,7-8H2,1-2H3. The van der Waals surface area contributed by atoms with Crippen LogP contribution >= 0.6 is 23.4 Å². The van der Waals surface area contributed by atoms with Gasteiger partial charge in [0.25, 0.3) is 0 Å². The minimum Gasteiger partial charge on any atom is -0.496 e. The highest BCUT2D eigenvalue weighted by Gasteiger charge is 2.06. The number of rotatable bonds is 5. The van der Waals surface area contributed by atoms with Gasteiger partial charge in [0, 0.05) is 22.4 Å². The molecule has 0 aliphatic heterocycles. The monoisotopic (exact) mass is 283 g/mol. The lowest BCUT2D eigenvalue weighted by Crippen LogP contribution is -1.90. The van der Waals surface area contributed by atoms with Crippen LogP contribution in [0, 0.1) is 6.92 Å². The smallest absolute Gasteiger partial charge is 0.146 e. The predicted octanol–water partition coefficient (Wildman–Crippen LogP) is 4.08. The van der Waals surface area contributed by atoms with Gasteiger partial charge in [-0.2, -0.15) is 0 Å².